The fourth-order valence-electron chi connectivity index (χ4n) is 2.73. The molecular formula is C14H24N4O. The zero-order chi connectivity index (χ0) is 14.2. The number of nitrogens with zero attached hydrogens (tertiary/aromatic N) is 2. The molecule has 1 aromatic rings. The number of hydrogen-bond donors (Lipinski definition) is 2. The molecule has 2 N–H and O–H groups in total. The Kier molecular flexibility index (Phi) is 3.94. The quantitative estimate of drug-likeness (QED) is 0.878. The van der Waals surface area contributed by atoms with Crippen molar-refractivity contribution in [2.75, 3.05) is 11.9 Å². The summed E-state index contributed by atoms with van der Waals surface area (Å²) in [6.45, 7) is 11.1. The fraction of sp³-hybridized carbons (Fsp3) is 0.714. The Bertz CT molecular complexity index is 478. The van der Waals surface area contributed by atoms with Crippen LogP contribution in [0.5, 0.6) is 0 Å². The number of anilines is 1. The Labute approximate surface area is 114 Å². The number of amides is 1. The summed E-state index contributed by atoms with van der Waals surface area (Å²) in [4.78, 5) is 12.3. The molecule has 5 nitrogen and oxygen atoms in total. The second kappa shape index (κ2) is 5.33. The third kappa shape index (κ3) is 2.66. The minimum atomic E-state index is -0.0822. The summed E-state index contributed by atoms with van der Waals surface area (Å²) < 4.78 is 1.95. The van der Waals surface area contributed by atoms with Gasteiger partial charge in [0.05, 0.1) is 23.1 Å². The molecular weight excluding hydrogens is 240 g/mol. The van der Waals surface area contributed by atoms with Gasteiger partial charge in [0.25, 0.3) is 0 Å². The van der Waals surface area contributed by atoms with E-state index in [9.17, 15) is 4.79 Å². The summed E-state index contributed by atoms with van der Waals surface area (Å²) in [5.74, 6) is 0.445. The molecule has 1 saturated heterocycles. The number of carbonyl (C=O) groups excluding carboxylic acids is 1. The van der Waals surface area contributed by atoms with Gasteiger partial charge >= 0.3 is 0 Å². The first kappa shape index (κ1) is 14.1. The van der Waals surface area contributed by atoms with E-state index in [2.05, 4.69) is 36.5 Å². The number of rotatable bonds is 3. The van der Waals surface area contributed by atoms with Crippen molar-refractivity contribution in [2.24, 2.45) is 5.92 Å². The maximum atomic E-state index is 12.3. The van der Waals surface area contributed by atoms with Crippen LogP contribution in [0.3, 0.4) is 0 Å². The number of aromatic nitrogens is 2. The highest BCUT2D eigenvalue weighted by atomic mass is 16.2. The third-order valence-electron chi connectivity index (χ3n) is 3.88. The summed E-state index contributed by atoms with van der Waals surface area (Å²) in [5, 5.41) is 10.8. The highest BCUT2D eigenvalue weighted by Gasteiger charge is 2.30. The van der Waals surface area contributed by atoms with Crippen molar-refractivity contribution in [3.8, 4) is 0 Å². The largest absolute Gasteiger partial charge is 0.322 e. The molecule has 106 valence electrons. The maximum absolute atomic E-state index is 12.3. The van der Waals surface area contributed by atoms with Crippen molar-refractivity contribution in [1.82, 2.24) is 15.1 Å². The molecule has 19 heavy (non-hydrogen) atoms. The van der Waals surface area contributed by atoms with Crippen LogP contribution in [0.2, 0.25) is 0 Å². The van der Waals surface area contributed by atoms with E-state index in [1.807, 2.05) is 18.5 Å². The van der Waals surface area contributed by atoms with Gasteiger partial charge < -0.3 is 10.6 Å². The van der Waals surface area contributed by atoms with Crippen molar-refractivity contribution >= 4 is 11.6 Å². The molecule has 2 rings (SSSR count). The average molecular weight is 264 g/mol. The molecule has 1 aliphatic rings. The van der Waals surface area contributed by atoms with Gasteiger partial charge in [-0.25, -0.2) is 0 Å². The molecule has 2 atom stereocenters. The number of aryl methyl sites for hydroxylation is 1. The van der Waals surface area contributed by atoms with Crippen LogP contribution < -0.4 is 10.6 Å². The lowest BCUT2D eigenvalue weighted by Crippen LogP contribution is -2.39. The van der Waals surface area contributed by atoms with E-state index in [1.165, 1.54) is 0 Å². The third-order valence-corrected chi connectivity index (χ3v) is 3.88. The van der Waals surface area contributed by atoms with E-state index in [0.29, 0.717) is 12.0 Å². The monoisotopic (exact) mass is 264 g/mol. The lowest BCUT2D eigenvalue weighted by atomic mass is 10.0. The topological polar surface area (TPSA) is 59.0 Å². The van der Waals surface area contributed by atoms with E-state index < -0.39 is 0 Å². The Morgan fingerprint density at radius 1 is 1.47 bits per heavy atom. The van der Waals surface area contributed by atoms with Crippen LogP contribution in [0.25, 0.3) is 0 Å². The minimum absolute atomic E-state index is 0.0551. The second-order valence-corrected chi connectivity index (χ2v) is 5.77. The van der Waals surface area contributed by atoms with Gasteiger partial charge in [-0.05, 0) is 46.6 Å². The highest BCUT2D eigenvalue weighted by molar-refractivity contribution is 5.96. The van der Waals surface area contributed by atoms with E-state index >= 15 is 0 Å². The van der Waals surface area contributed by atoms with Gasteiger partial charge in [-0.15, -0.1) is 0 Å². The first-order valence-corrected chi connectivity index (χ1v) is 7.01. The van der Waals surface area contributed by atoms with Crippen molar-refractivity contribution in [3.05, 3.63) is 11.4 Å². The zero-order valence-corrected chi connectivity index (χ0v) is 12.4. The molecule has 2 heterocycles. The molecule has 0 aliphatic carbocycles. The van der Waals surface area contributed by atoms with Crippen LogP contribution >= 0.6 is 0 Å². The van der Waals surface area contributed by atoms with Crippen molar-refractivity contribution in [2.45, 2.75) is 53.1 Å². The van der Waals surface area contributed by atoms with Gasteiger partial charge in [-0.2, -0.15) is 5.10 Å². The SMILES string of the molecule is Cc1nn(C(C)C)c(C)c1NC(=O)C1NCCC1C. The van der Waals surface area contributed by atoms with Gasteiger partial charge in [0.2, 0.25) is 5.91 Å². The molecule has 0 saturated carbocycles. The van der Waals surface area contributed by atoms with Crippen LogP contribution in [0.1, 0.15) is 44.6 Å². The highest BCUT2D eigenvalue weighted by Crippen LogP contribution is 2.24. The van der Waals surface area contributed by atoms with Crippen LogP contribution in [0.15, 0.2) is 0 Å². The average Bonchev–Trinajstić information content (AvgIpc) is 2.87. The van der Waals surface area contributed by atoms with Gasteiger partial charge in [-0.1, -0.05) is 6.92 Å². The first-order valence-electron chi connectivity index (χ1n) is 7.01. The Morgan fingerprint density at radius 3 is 2.63 bits per heavy atom. The summed E-state index contributed by atoms with van der Waals surface area (Å²) in [6.07, 6.45) is 1.06. The molecule has 0 aromatic carbocycles. The van der Waals surface area contributed by atoms with Crippen LogP contribution in [0.4, 0.5) is 5.69 Å². The molecule has 1 amide bonds. The molecule has 0 spiro atoms. The lowest BCUT2D eigenvalue weighted by Gasteiger charge is -2.16. The summed E-state index contributed by atoms with van der Waals surface area (Å²) in [5.41, 5.74) is 2.76. The smallest absolute Gasteiger partial charge is 0.241 e. The molecule has 1 aromatic heterocycles. The second-order valence-electron chi connectivity index (χ2n) is 5.77. The molecule has 2 unspecified atom stereocenters. The molecule has 1 aliphatic heterocycles. The number of hydrogen-bond acceptors (Lipinski definition) is 3. The lowest BCUT2D eigenvalue weighted by molar-refractivity contribution is -0.118. The standard InChI is InChI=1S/C14H24N4O/c1-8(2)18-11(5)13(10(4)17-18)16-14(19)12-9(3)6-7-15-12/h8-9,12,15H,6-7H2,1-5H3,(H,16,19). The predicted octanol–water partition coefficient (Wildman–Crippen LogP) is 2.02. The Morgan fingerprint density at radius 2 is 2.16 bits per heavy atom. The first-order chi connectivity index (χ1) is 8.91. The van der Waals surface area contributed by atoms with Gasteiger partial charge in [0.15, 0.2) is 0 Å². The summed E-state index contributed by atoms with van der Waals surface area (Å²) in [7, 11) is 0. The molecule has 5 heteroatoms. The number of carbonyl (C=O) groups is 1. The van der Waals surface area contributed by atoms with Crippen molar-refractivity contribution in [1.29, 1.82) is 0 Å². The minimum Gasteiger partial charge on any atom is -0.322 e. The van der Waals surface area contributed by atoms with Crippen molar-refractivity contribution in [3.63, 3.8) is 0 Å². The number of nitrogens with one attached hydrogen (secondary N) is 2. The molecule has 1 fully saturated rings. The van der Waals surface area contributed by atoms with E-state index in [0.717, 1.165) is 30.0 Å². The van der Waals surface area contributed by atoms with Crippen LogP contribution in [0, 0.1) is 19.8 Å². The fourth-order valence-corrected chi connectivity index (χ4v) is 2.73. The van der Waals surface area contributed by atoms with E-state index in [-0.39, 0.29) is 11.9 Å². The zero-order valence-electron chi connectivity index (χ0n) is 12.4. The van der Waals surface area contributed by atoms with Crippen molar-refractivity contribution < 1.29 is 4.79 Å². The normalized spacial score (nSPS) is 23.1. The molecule has 0 bridgehead atoms. The van der Waals surface area contributed by atoms with Gasteiger partial charge in [0.1, 0.15) is 0 Å². The predicted molar refractivity (Wildman–Crippen MR) is 76.3 cm³/mol. The summed E-state index contributed by atoms with van der Waals surface area (Å²) in [6, 6.07) is 0.217. The van der Waals surface area contributed by atoms with Crippen LogP contribution in [-0.2, 0) is 4.79 Å². The van der Waals surface area contributed by atoms with E-state index in [1.54, 1.807) is 0 Å². The Hall–Kier alpha value is -1.36. The van der Waals surface area contributed by atoms with Gasteiger partial charge in [-0.3, -0.25) is 9.48 Å². The van der Waals surface area contributed by atoms with E-state index in [4.69, 9.17) is 0 Å². The summed E-state index contributed by atoms with van der Waals surface area (Å²) >= 11 is 0. The van der Waals surface area contributed by atoms with Gasteiger partial charge in [0, 0.05) is 6.04 Å². The van der Waals surface area contributed by atoms with Crippen LogP contribution in [-0.4, -0.2) is 28.3 Å². The molecule has 0 radical (unpaired) electrons. The maximum Gasteiger partial charge on any atom is 0.241 e. The Balaban J connectivity index is 2.17.